The molecular weight excluding hydrogens is 296 g/mol. The molecule has 0 unspecified atom stereocenters. The molecule has 120 valence electrons. The van der Waals surface area contributed by atoms with E-state index in [9.17, 15) is 8.42 Å². The monoisotopic (exact) mass is 320 g/mol. The Kier molecular flexibility index (Phi) is 3.36. The summed E-state index contributed by atoms with van der Waals surface area (Å²) in [5.41, 5.74) is 1.51. The van der Waals surface area contributed by atoms with Crippen molar-refractivity contribution in [2.45, 2.75) is 42.4 Å². The largest absolute Gasteiger partial charge is 0.301 e. The molecule has 0 radical (unpaired) electrons. The second kappa shape index (κ2) is 5.05. The first-order valence-electron chi connectivity index (χ1n) is 8.29. The molecule has 0 amide bonds. The van der Waals surface area contributed by atoms with Crippen molar-refractivity contribution in [3.63, 3.8) is 0 Å². The number of hydrogen-bond donors (Lipinski definition) is 0. The van der Waals surface area contributed by atoms with Gasteiger partial charge < -0.3 is 4.90 Å². The highest BCUT2D eigenvalue weighted by Crippen LogP contribution is 2.46. The molecular formula is C17H24N2O2S. The first-order valence-corrected chi connectivity index (χ1v) is 9.79. The van der Waals surface area contributed by atoms with Gasteiger partial charge in [0, 0.05) is 24.5 Å². The van der Waals surface area contributed by atoms with Gasteiger partial charge in [-0.3, -0.25) is 0 Å². The summed E-state index contributed by atoms with van der Waals surface area (Å²) < 4.78 is 27.0. The van der Waals surface area contributed by atoms with Gasteiger partial charge in [0.05, 0.1) is 5.25 Å². The number of piperidine rings is 1. The van der Waals surface area contributed by atoms with Crippen LogP contribution in [0.25, 0.3) is 0 Å². The summed E-state index contributed by atoms with van der Waals surface area (Å²) in [5.74, 6) is 0. The van der Waals surface area contributed by atoms with Crippen LogP contribution in [0.2, 0.25) is 0 Å². The fourth-order valence-corrected chi connectivity index (χ4v) is 6.24. The number of likely N-dealkylation sites (tertiary alicyclic amines) is 1. The van der Waals surface area contributed by atoms with E-state index in [1.54, 1.807) is 4.31 Å². The van der Waals surface area contributed by atoms with Gasteiger partial charge >= 0.3 is 0 Å². The van der Waals surface area contributed by atoms with Crippen LogP contribution in [0.1, 0.15) is 31.2 Å². The van der Waals surface area contributed by atoms with Crippen LogP contribution in [0.3, 0.4) is 0 Å². The zero-order valence-corrected chi connectivity index (χ0v) is 13.9. The lowest BCUT2D eigenvalue weighted by atomic mass is 9.70. The van der Waals surface area contributed by atoms with E-state index in [4.69, 9.17) is 0 Å². The lowest BCUT2D eigenvalue weighted by molar-refractivity contribution is 0.147. The molecule has 22 heavy (non-hydrogen) atoms. The highest BCUT2D eigenvalue weighted by Gasteiger charge is 2.53. The molecule has 2 saturated heterocycles. The third kappa shape index (κ3) is 2.14. The molecule has 5 heteroatoms. The molecule has 4 rings (SSSR count). The van der Waals surface area contributed by atoms with Gasteiger partial charge in [0.25, 0.3) is 0 Å². The van der Waals surface area contributed by atoms with Crippen LogP contribution in [0.5, 0.6) is 0 Å². The van der Waals surface area contributed by atoms with Gasteiger partial charge in [-0.15, -0.1) is 0 Å². The van der Waals surface area contributed by atoms with Gasteiger partial charge in [-0.25, -0.2) is 12.7 Å². The van der Waals surface area contributed by atoms with Gasteiger partial charge in [0.1, 0.15) is 0 Å². The third-order valence-corrected chi connectivity index (χ3v) is 8.28. The zero-order chi connectivity index (χ0) is 15.4. The normalized spacial score (nSPS) is 33.8. The number of sulfonamides is 1. The van der Waals surface area contributed by atoms with Crippen molar-refractivity contribution in [1.82, 2.24) is 9.21 Å². The second-order valence-electron chi connectivity index (χ2n) is 7.12. The Balaban J connectivity index is 1.66. The van der Waals surface area contributed by atoms with Gasteiger partial charge in [-0.2, -0.15) is 0 Å². The number of fused-ring (bicyclic) bond motifs is 1. The Morgan fingerprint density at radius 2 is 1.77 bits per heavy atom. The van der Waals surface area contributed by atoms with E-state index in [-0.39, 0.29) is 10.7 Å². The number of likely N-dealkylation sites (N-methyl/N-ethyl adjacent to an activating group) is 1. The number of nitrogens with zero attached hydrogens (tertiary/aromatic N) is 2. The lowest BCUT2D eigenvalue weighted by Crippen LogP contribution is -2.56. The summed E-state index contributed by atoms with van der Waals surface area (Å²) in [4.78, 5) is 2.36. The van der Waals surface area contributed by atoms with Crippen LogP contribution in [-0.2, 0) is 15.4 Å². The number of rotatable bonds is 3. The van der Waals surface area contributed by atoms with Crippen molar-refractivity contribution in [2.24, 2.45) is 0 Å². The Hall–Kier alpha value is -0.910. The topological polar surface area (TPSA) is 40.6 Å². The molecule has 0 bridgehead atoms. The second-order valence-corrected chi connectivity index (χ2v) is 9.33. The van der Waals surface area contributed by atoms with Gasteiger partial charge in [-0.1, -0.05) is 30.3 Å². The molecule has 1 aromatic rings. The van der Waals surface area contributed by atoms with Crippen molar-refractivity contribution < 1.29 is 8.42 Å². The minimum absolute atomic E-state index is 0.0940. The molecule has 4 nitrogen and oxygen atoms in total. The van der Waals surface area contributed by atoms with Crippen molar-refractivity contribution in [3.8, 4) is 0 Å². The average Bonchev–Trinajstić information content (AvgIpc) is 3.34. The Labute approximate surface area is 133 Å². The first kappa shape index (κ1) is 14.7. The van der Waals surface area contributed by atoms with Crippen molar-refractivity contribution in [2.75, 3.05) is 26.7 Å². The molecule has 0 spiro atoms. The predicted octanol–water partition coefficient (Wildman–Crippen LogP) is 1.83. The van der Waals surface area contributed by atoms with E-state index in [1.807, 2.05) is 0 Å². The molecule has 2 atom stereocenters. The molecule has 1 aromatic carbocycles. The van der Waals surface area contributed by atoms with E-state index in [0.717, 1.165) is 32.2 Å². The predicted molar refractivity (Wildman–Crippen MR) is 87.3 cm³/mol. The fraction of sp³-hybridized carbons (Fsp3) is 0.647. The summed E-state index contributed by atoms with van der Waals surface area (Å²) in [6, 6.07) is 11.0. The average molecular weight is 320 g/mol. The summed E-state index contributed by atoms with van der Waals surface area (Å²) in [6.45, 7) is 2.39. The maximum atomic E-state index is 12.6. The van der Waals surface area contributed by atoms with E-state index in [0.29, 0.717) is 19.1 Å². The molecule has 1 saturated carbocycles. The van der Waals surface area contributed by atoms with Crippen LogP contribution >= 0.6 is 0 Å². The summed E-state index contributed by atoms with van der Waals surface area (Å²) >= 11 is 0. The van der Waals surface area contributed by atoms with Crippen molar-refractivity contribution in [3.05, 3.63) is 35.9 Å². The van der Waals surface area contributed by atoms with Crippen LogP contribution < -0.4 is 0 Å². The molecule has 0 aromatic heterocycles. The molecule has 2 heterocycles. The summed E-state index contributed by atoms with van der Waals surface area (Å²) in [5, 5.41) is -0.0940. The van der Waals surface area contributed by atoms with Crippen molar-refractivity contribution in [1.29, 1.82) is 0 Å². The van der Waals surface area contributed by atoms with E-state index in [2.05, 4.69) is 42.3 Å². The quantitative estimate of drug-likeness (QED) is 0.853. The number of benzene rings is 1. The number of hydrogen-bond acceptors (Lipinski definition) is 3. The molecule has 3 fully saturated rings. The zero-order valence-electron chi connectivity index (χ0n) is 13.1. The smallest absolute Gasteiger partial charge is 0.217 e. The Morgan fingerprint density at radius 1 is 1.09 bits per heavy atom. The van der Waals surface area contributed by atoms with E-state index < -0.39 is 10.0 Å². The summed E-state index contributed by atoms with van der Waals surface area (Å²) in [7, 11) is -0.912. The minimum Gasteiger partial charge on any atom is -0.301 e. The maximum absolute atomic E-state index is 12.6. The highest BCUT2D eigenvalue weighted by atomic mass is 32.2. The highest BCUT2D eigenvalue weighted by molar-refractivity contribution is 7.90. The van der Waals surface area contributed by atoms with Crippen molar-refractivity contribution >= 4 is 10.0 Å². The van der Waals surface area contributed by atoms with Gasteiger partial charge in [0.2, 0.25) is 10.0 Å². The lowest BCUT2D eigenvalue weighted by Gasteiger charge is -2.45. The van der Waals surface area contributed by atoms with Gasteiger partial charge in [0.15, 0.2) is 0 Å². The standard InChI is InChI=1S/C17H24N2O2S/c1-18-11-9-17(14-5-3-2-4-6-14)10-12-19(13-16(17)18)22(20,21)15-7-8-15/h2-6,15-16H,7-13H2,1H3/t16-,17+/m1/s1. The third-order valence-electron chi connectivity index (χ3n) is 5.92. The Morgan fingerprint density at radius 3 is 2.45 bits per heavy atom. The SMILES string of the molecule is CN1CC[C@@]2(c3ccccc3)CCN(S(=O)(=O)C3CC3)C[C@@H]12. The van der Waals surface area contributed by atoms with E-state index >= 15 is 0 Å². The first-order chi connectivity index (χ1) is 10.5. The fourth-order valence-electron chi connectivity index (χ4n) is 4.39. The minimum atomic E-state index is -3.05. The maximum Gasteiger partial charge on any atom is 0.217 e. The molecule has 2 aliphatic heterocycles. The molecule has 0 N–H and O–H groups in total. The molecule has 1 aliphatic carbocycles. The van der Waals surface area contributed by atoms with Crippen LogP contribution in [0.4, 0.5) is 0 Å². The van der Waals surface area contributed by atoms with E-state index in [1.165, 1.54) is 5.56 Å². The Bertz CT molecular complexity index is 656. The van der Waals surface area contributed by atoms with Crippen LogP contribution in [-0.4, -0.2) is 55.6 Å². The van der Waals surface area contributed by atoms with Gasteiger partial charge in [-0.05, 0) is 44.8 Å². The van der Waals surface area contributed by atoms with Crippen LogP contribution in [0.15, 0.2) is 30.3 Å². The summed E-state index contributed by atoms with van der Waals surface area (Å²) in [6.07, 6.45) is 3.78. The molecule has 3 aliphatic rings. The van der Waals surface area contributed by atoms with Crippen LogP contribution in [0, 0.1) is 0 Å².